The maximum Gasteiger partial charge on any atom is 0.246 e. The van der Waals surface area contributed by atoms with Gasteiger partial charge in [0.2, 0.25) is 5.91 Å². The Morgan fingerprint density at radius 1 is 1.31 bits per heavy atom. The van der Waals surface area contributed by atoms with E-state index in [1.54, 1.807) is 32.9 Å². The molecule has 4 heteroatoms. The first-order chi connectivity index (χ1) is 7.36. The van der Waals surface area contributed by atoms with Crippen LogP contribution in [-0.2, 0) is 4.79 Å². The molecule has 0 atom stereocenters. The van der Waals surface area contributed by atoms with Gasteiger partial charge in [-0.1, -0.05) is 0 Å². The van der Waals surface area contributed by atoms with Crippen molar-refractivity contribution >= 4 is 11.6 Å². The second-order valence-electron chi connectivity index (χ2n) is 4.28. The molecule has 0 aliphatic carbocycles. The van der Waals surface area contributed by atoms with Gasteiger partial charge in [0, 0.05) is 12.7 Å². The highest BCUT2D eigenvalue weighted by molar-refractivity contribution is 5.99. The van der Waals surface area contributed by atoms with E-state index in [9.17, 15) is 4.79 Å². The van der Waals surface area contributed by atoms with Gasteiger partial charge in [-0.2, -0.15) is 0 Å². The summed E-state index contributed by atoms with van der Waals surface area (Å²) in [6, 6.07) is 7.26. The maximum absolute atomic E-state index is 11.9. The third kappa shape index (κ3) is 2.73. The molecule has 0 saturated carbocycles. The fraction of sp³-hybridized carbons (Fsp3) is 0.417. The summed E-state index contributed by atoms with van der Waals surface area (Å²) in [7, 11) is 3.31. The summed E-state index contributed by atoms with van der Waals surface area (Å²) in [5.41, 5.74) is 5.69. The lowest BCUT2D eigenvalue weighted by Crippen LogP contribution is -2.49. The van der Waals surface area contributed by atoms with E-state index >= 15 is 0 Å². The molecule has 1 rings (SSSR count). The van der Waals surface area contributed by atoms with Crippen LogP contribution in [-0.4, -0.2) is 25.6 Å². The second kappa shape index (κ2) is 4.53. The molecule has 16 heavy (non-hydrogen) atoms. The van der Waals surface area contributed by atoms with E-state index in [-0.39, 0.29) is 5.91 Å². The van der Waals surface area contributed by atoms with E-state index in [1.807, 2.05) is 24.3 Å². The van der Waals surface area contributed by atoms with Gasteiger partial charge in [0.1, 0.15) is 5.75 Å². The number of ether oxygens (including phenoxy) is 1. The molecule has 0 heterocycles. The van der Waals surface area contributed by atoms with Crippen LogP contribution >= 0.6 is 0 Å². The van der Waals surface area contributed by atoms with Gasteiger partial charge in [-0.15, -0.1) is 0 Å². The van der Waals surface area contributed by atoms with Gasteiger partial charge >= 0.3 is 0 Å². The normalized spacial score (nSPS) is 11.1. The Kier molecular flexibility index (Phi) is 3.55. The number of likely N-dealkylation sites (N-methyl/N-ethyl adjacent to an activating group) is 1. The first-order valence-corrected chi connectivity index (χ1v) is 5.07. The van der Waals surface area contributed by atoms with Crippen LogP contribution in [0.2, 0.25) is 0 Å². The smallest absolute Gasteiger partial charge is 0.246 e. The SMILES string of the molecule is COc1ccc(N(C)C(=O)C(C)(C)N)cc1. The van der Waals surface area contributed by atoms with E-state index in [4.69, 9.17) is 10.5 Å². The quantitative estimate of drug-likeness (QED) is 0.841. The fourth-order valence-corrected chi connectivity index (χ4v) is 1.36. The largest absolute Gasteiger partial charge is 0.497 e. The van der Waals surface area contributed by atoms with Gasteiger partial charge < -0.3 is 15.4 Å². The van der Waals surface area contributed by atoms with Crippen molar-refractivity contribution < 1.29 is 9.53 Å². The summed E-state index contributed by atoms with van der Waals surface area (Å²) >= 11 is 0. The summed E-state index contributed by atoms with van der Waals surface area (Å²) in [6.45, 7) is 3.38. The molecule has 0 spiro atoms. The van der Waals surface area contributed by atoms with Crippen LogP contribution < -0.4 is 15.4 Å². The third-order valence-electron chi connectivity index (χ3n) is 2.32. The van der Waals surface area contributed by atoms with Crippen molar-refractivity contribution in [2.75, 3.05) is 19.1 Å². The van der Waals surface area contributed by atoms with Crippen LogP contribution in [0.1, 0.15) is 13.8 Å². The number of nitrogens with two attached hydrogens (primary N) is 1. The molecule has 0 radical (unpaired) electrons. The Bertz CT molecular complexity index is 366. The standard InChI is InChI=1S/C12H18N2O2/c1-12(2,13)11(15)14(3)9-5-7-10(16-4)8-6-9/h5-8H,13H2,1-4H3. The van der Waals surface area contributed by atoms with Gasteiger partial charge in [-0.05, 0) is 38.1 Å². The lowest BCUT2D eigenvalue weighted by molar-refractivity contribution is -0.122. The minimum atomic E-state index is -0.866. The molecule has 0 saturated heterocycles. The zero-order valence-electron chi connectivity index (χ0n) is 10.2. The number of nitrogens with zero attached hydrogens (tertiary/aromatic N) is 1. The average Bonchev–Trinajstić information content (AvgIpc) is 2.26. The van der Waals surface area contributed by atoms with Crippen LogP contribution in [0.3, 0.4) is 0 Å². The topological polar surface area (TPSA) is 55.6 Å². The Morgan fingerprint density at radius 2 is 1.81 bits per heavy atom. The molecule has 0 fully saturated rings. The van der Waals surface area contributed by atoms with E-state index < -0.39 is 5.54 Å². The van der Waals surface area contributed by atoms with Crippen LogP contribution in [0.5, 0.6) is 5.75 Å². The zero-order valence-corrected chi connectivity index (χ0v) is 10.2. The predicted octanol–water partition coefficient (Wildman–Crippen LogP) is 1.40. The van der Waals surface area contributed by atoms with Gasteiger partial charge in [-0.25, -0.2) is 0 Å². The van der Waals surface area contributed by atoms with E-state index in [0.717, 1.165) is 11.4 Å². The van der Waals surface area contributed by atoms with Gasteiger partial charge in [-0.3, -0.25) is 4.79 Å². The summed E-state index contributed by atoms with van der Waals surface area (Å²) in [6.07, 6.45) is 0. The predicted molar refractivity (Wildman–Crippen MR) is 64.7 cm³/mol. The van der Waals surface area contributed by atoms with Crippen molar-refractivity contribution in [2.24, 2.45) is 5.73 Å². The van der Waals surface area contributed by atoms with E-state index in [2.05, 4.69) is 0 Å². The lowest BCUT2D eigenvalue weighted by atomic mass is 10.1. The van der Waals surface area contributed by atoms with Crippen LogP contribution in [0, 0.1) is 0 Å². The molecule has 1 aromatic carbocycles. The molecule has 0 aliphatic heterocycles. The number of carbonyl (C=O) groups excluding carboxylic acids is 1. The van der Waals surface area contributed by atoms with Crippen molar-refractivity contribution in [3.05, 3.63) is 24.3 Å². The number of anilines is 1. The Morgan fingerprint density at radius 3 is 2.19 bits per heavy atom. The molecule has 0 bridgehead atoms. The number of carbonyl (C=O) groups is 1. The summed E-state index contributed by atoms with van der Waals surface area (Å²) in [5, 5.41) is 0. The first kappa shape index (κ1) is 12.5. The molecular formula is C12H18N2O2. The Labute approximate surface area is 96.0 Å². The van der Waals surface area contributed by atoms with E-state index in [1.165, 1.54) is 0 Å². The summed E-state index contributed by atoms with van der Waals surface area (Å²) in [5.74, 6) is 0.634. The molecule has 0 unspecified atom stereocenters. The highest BCUT2D eigenvalue weighted by Crippen LogP contribution is 2.19. The molecule has 1 aromatic rings. The molecule has 0 aromatic heterocycles. The molecule has 1 amide bonds. The first-order valence-electron chi connectivity index (χ1n) is 5.07. The van der Waals surface area contributed by atoms with Crippen molar-refractivity contribution in [3.8, 4) is 5.75 Å². The van der Waals surface area contributed by atoms with Crippen molar-refractivity contribution in [1.82, 2.24) is 0 Å². The van der Waals surface area contributed by atoms with Gasteiger partial charge in [0.15, 0.2) is 0 Å². The highest BCUT2D eigenvalue weighted by atomic mass is 16.5. The number of hydrogen-bond acceptors (Lipinski definition) is 3. The molecule has 88 valence electrons. The van der Waals surface area contributed by atoms with Gasteiger partial charge in [0.25, 0.3) is 0 Å². The third-order valence-corrected chi connectivity index (χ3v) is 2.32. The van der Waals surface area contributed by atoms with Crippen LogP contribution in [0.15, 0.2) is 24.3 Å². The number of hydrogen-bond donors (Lipinski definition) is 1. The minimum Gasteiger partial charge on any atom is -0.497 e. The van der Waals surface area contributed by atoms with Crippen LogP contribution in [0.25, 0.3) is 0 Å². The molecule has 2 N–H and O–H groups in total. The van der Waals surface area contributed by atoms with Crippen molar-refractivity contribution in [2.45, 2.75) is 19.4 Å². The number of rotatable bonds is 3. The summed E-state index contributed by atoms with van der Waals surface area (Å²) < 4.78 is 5.05. The highest BCUT2D eigenvalue weighted by Gasteiger charge is 2.26. The minimum absolute atomic E-state index is 0.127. The van der Waals surface area contributed by atoms with E-state index in [0.29, 0.717) is 0 Å². The average molecular weight is 222 g/mol. The lowest BCUT2D eigenvalue weighted by Gasteiger charge is -2.25. The number of methoxy groups -OCH3 is 1. The van der Waals surface area contributed by atoms with Gasteiger partial charge in [0.05, 0.1) is 12.6 Å². The monoisotopic (exact) mass is 222 g/mol. The second-order valence-corrected chi connectivity index (χ2v) is 4.28. The van der Waals surface area contributed by atoms with Crippen molar-refractivity contribution in [1.29, 1.82) is 0 Å². The van der Waals surface area contributed by atoms with Crippen molar-refractivity contribution in [3.63, 3.8) is 0 Å². The maximum atomic E-state index is 11.9. The molecular weight excluding hydrogens is 204 g/mol. The zero-order chi connectivity index (χ0) is 12.3. The fourth-order valence-electron chi connectivity index (χ4n) is 1.36. The molecule has 4 nitrogen and oxygen atoms in total. The Hall–Kier alpha value is -1.55. The summed E-state index contributed by atoms with van der Waals surface area (Å²) in [4.78, 5) is 13.4. The molecule has 0 aliphatic rings. The Balaban J connectivity index is 2.88. The van der Waals surface area contributed by atoms with Crippen LogP contribution in [0.4, 0.5) is 5.69 Å². The number of benzene rings is 1. The number of amides is 1.